The van der Waals surface area contributed by atoms with E-state index in [0.29, 0.717) is 13.2 Å². The standard InChI is InChI=1S/C12H13NO6/c14-12(15)10-4-3-8(6-11(10)13(16)17)19-7-9-2-1-5-18-9/h3-4,6,9H,1-2,5,7H2,(H,14,15). The van der Waals surface area contributed by atoms with Gasteiger partial charge < -0.3 is 14.6 Å². The smallest absolute Gasteiger partial charge is 0.342 e. The van der Waals surface area contributed by atoms with Crippen LogP contribution in [0, 0.1) is 10.1 Å². The summed E-state index contributed by atoms with van der Waals surface area (Å²) < 4.78 is 10.8. The van der Waals surface area contributed by atoms with E-state index in [0.717, 1.165) is 18.9 Å². The molecule has 1 fully saturated rings. The average Bonchev–Trinajstić information content (AvgIpc) is 2.88. The molecule has 1 saturated heterocycles. The van der Waals surface area contributed by atoms with Crippen LogP contribution in [0.5, 0.6) is 5.75 Å². The molecule has 1 aliphatic heterocycles. The van der Waals surface area contributed by atoms with Gasteiger partial charge in [-0.25, -0.2) is 4.79 Å². The van der Waals surface area contributed by atoms with Gasteiger partial charge >= 0.3 is 5.97 Å². The lowest BCUT2D eigenvalue weighted by molar-refractivity contribution is -0.385. The number of carbonyl (C=O) groups is 1. The third-order valence-electron chi connectivity index (χ3n) is 2.86. The Bertz CT molecular complexity index is 495. The van der Waals surface area contributed by atoms with Gasteiger partial charge in [-0.1, -0.05) is 0 Å². The second-order valence-electron chi connectivity index (χ2n) is 4.19. The highest BCUT2D eigenvalue weighted by atomic mass is 16.6. The van der Waals surface area contributed by atoms with Crippen molar-refractivity contribution in [2.24, 2.45) is 0 Å². The monoisotopic (exact) mass is 267 g/mol. The molecular formula is C12H13NO6. The van der Waals surface area contributed by atoms with Crippen LogP contribution in [0.2, 0.25) is 0 Å². The molecule has 1 atom stereocenters. The summed E-state index contributed by atoms with van der Waals surface area (Å²) >= 11 is 0. The number of benzene rings is 1. The van der Waals surface area contributed by atoms with Gasteiger partial charge in [0.25, 0.3) is 5.69 Å². The first-order valence-corrected chi connectivity index (χ1v) is 5.84. The molecule has 0 aromatic heterocycles. The highest BCUT2D eigenvalue weighted by Crippen LogP contribution is 2.25. The van der Waals surface area contributed by atoms with Crippen LogP contribution in [0.4, 0.5) is 5.69 Å². The van der Waals surface area contributed by atoms with E-state index in [1.807, 2.05) is 0 Å². The molecule has 0 aliphatic carbocycles. The first kappa shape index (κ1) is 13.3. The Kier molecular flexibility index (Phi) is 3.96. The number of hydrogen-bond donors (Lipinski definition) is 1. The van der Waals surface area contributed by atoms with Crippen LogP contribution >= 0.6 is 0 Å². The second-order valence-corrected chi connectivity index (χ2v) is 4.19. The number of carboxylic acid groups (broad SMARTS) is 1. The first-order valence-electron chi connectivity index (χ1n) is 5.84. The van der Waals surface area contributed by atoms with Crippen molar-refractivity contribution in [3.8, 4) is 5.75 Å². The maximum Gasteiger partial charge on any atom is 0.342 e. The quantitative estimate of drug-likeness (QED) is 0.645. The normalized spacial score (nSPS) is 18.2. The summed E-state index contributed by atoms with van der Waals surface area (Å²) in [4.78, 5) is 20.9. The van der Waals surface area contributed by atoms with Gasteiger partial charge in [-0.3, -0.25) is 10.1 Å². The van der Waals surface area contributed by atoms with Gasteiger partial charge in [0.2, 0.25) is 0 Å². The lowest BCUT2D eigenvalue weighted by Crippen LogP contribution is -2.16. The fraction of sp³-hybridized carbons (Fsp3) is 0.417. The molecule has 7 heteroatoms. The summed E-state index contributed by atoms with van der Waals surface area (Å²) in [5, 5.41) is 19.6. The van der Waals surface area contributed by atoms with Crippen LogP contribution < -0.4 is 4.74 Å². The van der Waals surface area contributed by atoms with E-state index < -0.39 is 16.6 Å². The molecule has 1 aromatic rings. The average molecular weight is 267 g/mol. The Morgan fingerprint density at radius 1 is 1.58 bits per heavy atom. The molecule has 0 radical (unpaired) electrons. The van der Waals surface area contributed by atoms with Crippen LogP contribution in [-0.2, 0) is 4.74 Å². The molecule has 19 heavy (non-hydrogen) atoms. The Morgan fingerprint density at radius 2 is 2.37 bits per heavy atom. The number of nitrogens with zero attached hydrogens (tertiary/aromatic N) is 1. The molecule has 0 saturated carbocycles. The van der Waals surface area contributed by atoms with Crippen molar-refractivity contribution in [3.05, 3.63) is 33.9 Å². The van der Waals surface area contributed by atoms with Gasteiger partial charge in [0.1, 0.15) is 17.9 Å². The molecular weight excluding hydrogens is 254 g/mol. The number of carboxylic acids is 1. The summed E-state index contributed by atoms with van der Waals surface area (Å²) in [5.74, 6) is -1.07. The summed E-state index contributed by atoms with van der Waals surface area (Å²) in [6.07, 6.45) is 1.87. The van der Waals surface area contributed by atoms with Gasteiger partial charge in [0, 0.05) is 6.61 Å². The summed E-state index contributed by atoms with van der Waals surface area (Å²) in [7, 11) is 0. The third-order valence-corrected chi connectivity index (χ3v) is 2.86. The zero-order valence-corrected chi connectivity index (χ0v) is 10.1. The minimum Gasteiger partial charge on any atom is -0.491 e. The largest absolute Gasteiger partial charge is 0.491 e. The van der Waals surface area contributed by atoms with Gasteiger partial charge in [-0.15, -0.1) is 0 Å². The van der Waals surface area contributed by atoms with E-state index in [2.05, 4.69) is 0 Å². The van der Waals surface area contributed by atoms with Gasteiger partial charge in [-0.2, -0.15) is 0 Å². The van der Waals surface area contributed by atoms with Crippen LogP contribution in [0.15, 0.2) is 18.2 Å². The number of aromatic carboxylic acids is 1. The molecule has 1 N–H and O–H groups in total. The Hall–Kier alpha value is -2.15. The molecule has 1 unspecified atom stereocenters. The van der Waals surface area contributed by atoms with Gasteiger partial charge in [0.15, 0.2) is 0 Å². The Balaban J connectivity index is 2.11. The first-order chi connectivity index (χ1) is 9.08. The minimum absolute atomic E-state index is 0.00166. The molecule has 1 aromatic carbocycles. The molecule has 0 bridgehead atoms. The number of ether oxygens (including phenoxy) is 2. The van der Waals surface area contributed by atoms with E-state index in [4.69, 9.17) is 14.6 Å². The van der Waals surface area contributed by atoms with Crippen molar-refractivity contribution in [3.63, 3.8) is 0 Å². The fourth-order valence-corrected chi connectivity index (χ4v) is 1.90. The van der Waals surface area contributed by atoms with Crippen LogP contribution in [0.3, 0.4) is 0 Å². The summed E-state index contributed by atoms with van der Waals surface area (Å²) in [5.41, 5.74) is -0.827. The second kappa shape index (κ2) is 5.66. The van der Waals surface area contributed by atoms with Crippen LogP contribution in [-0.4, -0.2) is 35.3 Å². The van der Waals surface area contributed by atoms with Crippen molar-refractivity contribution >= 4 is 11.7 Å². The van der Waals surface area contributed by atoms with Crippen molar-refractivity contribution in [1.82, 2.24) is 0 Å². The van der Waals surface area contributed by atoms with E-state index >= 15 is 0 Å². The lowest BCUT2D eigenvalue weighted by Gasteiger charge is -2.11. The third kappa shape index (κ3) is 3.19. The number of nitro groups is 1. The SMILES string of the molecule is O=C(O)c1ccc(OCC2CCCO2)cc1[N+](=O)[O-]. The van der Waals surface area contributed by atoms with Crippen molar-refractivity contribution in [2.75, 3.05) is 13.2 Å². The number of rotatable bonds is 5. The molecule has 1 heterocycles. The predicted octanol–water partition coefficient (Wildman–Crippen LogP) is 1.85. The van der Waals surface area contributed by atoms with Gasteiger partial charge in [-0.05, 0) is 25.0 Å². The minimum atomic E-state index is -1.34. The fourth-order valence-electron chi connectivity index (χ4n) is 1.90. The van der Waals surface area contributed by atoms with E-state index in [9.17, 15) is 14.9 Å². The molecule has 0 spiro atoms. The van der Waals surface area contributed by atoms with Crippen molar-refractivity contribution in [1.29, 1.82) is 0 Å². The zero-order chi connectivity index (χ0) is 13.8. The molecule has 1 aliphatic rings. The van der Waals surface area contributed by atoms with Crippen molar-refractivity contribution in [2.45, 2.75) is 18.9 Å². The summed E-state index contributed by atoms with van der Waals surface area (Å²) in [6, 6.07) is 3.70. The highest BCUT2D eigenvalue weighted by Gasteiger charge is 2.21. The van der Waals surface area contributed by atoms with Crippen LogP contribution in [0.1, 0.15) is 23.2 Å². The van der Waals surface area contributed by atoms with Gasteiger partial charge in [0.05, 0.1) is 17.1 Å². The maximum atomic E-state index is 10.8. The predicted molar refractivity (Wildman–Crippen MR) is 64.5 cm³/mol. The lowest BCUT2D eigenvalue weighted by atomic mass is 10.1. The van der Waals surface area contributed by atoms with Crippen LogP contribution in [0.25, 0.3) is 0 Å². The van der Waals surface area contributed by atoms with E-state index in [1.165, 1.54) is 12.1 Å². The molecule has 2 rings (SSSR count). The molecule has 7 nitrogen and oxygen atoms in total. The van der Waals surface area contributed by atoms with E-state index in [-0.39, 0.29) is 17.4 Å². The number of nitro benzene ring substituents is 1. The topological polar surface area (TPSA) is 98.9 Å². The summed E-state index contributed by atoms with van der Waals surface area (Å²) in [6.45, 7) is 1.01. The van der Waals surface area contributed by atoms with E-state index in [1.54, 1.807) is 0 Å². The number of hydrogen-bond acceptors (Lipinski definition) is 5. The maximum absolute atomic E-state index is 10.8. The zero-order valence-electron chi connectivity index (χ0n) is 10.1. The highest BCUT2D eigenvalue weighted by molar-refractivity contribution is 5.92. The Labute approximate surface area is 108 Å². The Morgan fingerprint density at radius 3 is 2.95 bits per heavy atom. The molecule has 0 amide bonds. The molecule has 102 valence electrons. The van der Waals surface area contributed by atoms with Crippen molar-refractivity contribution < 1.29 is 24.3 Å².